The molecule has 0 aromatic rings. The topological polar surface area (TPSA) is 95.5 Å². The standard InChI is InChI=1S/C13H20N2O4/c16-10-5-4-9(15-10)11(17)14-8-13(12(18)19)6-2-1-3-7-13/h9H,1-8H2,(H,14,17)(H,15,16)(H,18,19)/t9-/m0/s1. The van der Waals surface area contributed by atoms with E-state index in [0.717, 1.165) is 19.3 Å². The summed E-state index contributed by atoms with van der Waals surface area (Å²) < 4.78 is 0. The molecule has 1 saturated heterocycles. The third kappa shape index (κ3) is 3.05. The minimum Gasteiger partial charge on any atom is -0.481 e. The zero-order chi connectivity index (χ0) is 13.9. The molecule has 1 aliphatic heterocycles. The SMILES string of the molecule is O=C1CC[C@@H](C(=O)NCC2(C(=O)O)CCCCC2)N1. The van der Waals surface area contributed by atoms with Crippen LogP contribution < -0.4 is 10.6 Å². The van der Waals surface area contributed by atoms with Gasteiger partial charge in [0.15, 0.2) is 0 Å². The normalized spacial score (nSPS) is 25.7. The molecule has 0 spiro atoms. The smallest absolute Gasteiger partial charge is 0.311 e. The predicted molar refractivity (Wildman–Crippen MR) is 67.3 cm³/mol. The summed E-state index contributed by atoms with van der Waals surface area (Å²) in [6.07, 6.45) is 4.92. The molecule has 1 atom stereocenters. The van der Waals surface area contributed by atoms with E-state index in [1.165, 1.54) is 0 Å². The molecule has 0 radical (unpaired) electrons. The lowest BCUT2D eigenvalue weighted by molar-refractivity contribution is -0.151. The Bertz CT molecular complexity index is 388. The van der Waals surface area contributed by atoms with Gasteiger partial charge in [-0.2, -0.15) is 0 Å². The molecule has 0 aromatic heterocycles. The zero-order valence-corrected chi connectivity index (χ0v) is 10.9. The Labute approximate surface area is 111 Å². The van der Waals surface area contributed by atoms with Crippen LogP contribution in [0, 0.1) is 5.41 Å². The quantitative estimate of drug-likeness (QED) is 0.688. The first-order valence-electron chi connectivity index (χ1n) is 6.84. The number of nitrogens with one attached hydrogen (secondary N) is 2. The molecule has 2 aliphatic rings. The molecule has 1 aliphatic carbocycles. The molecule has 1 heterocycles. The Morgan fingerprint density at radius 1 is 1.32 bits per heavy atom. The maximum absolute atomic E-state index is 11.9. The lowest BCUT2D eigenvalue weighted by atomic mass is 9.74. The minimum absolute atomic E-state index is 0.120. The lowest BCUT2D eigenvalue weighted by Crippen LogP contribution is -2.49. The highest BCUT2D eigenvalue weighted by Gasteiger charge is 2.40. The van der Waals surface area contributed by atoms with Gasteiger partial charge in [0.05, 0.1) is 5.41 Å². The summed E-state index contributed by atoms with van der Waals surface area (Å²) in [4.78, 5) is 34.4. The van der Waals surface area contributed by atoms with Gasteiger partial charge < -0.3 is 15.7 Å². The fraction of sp³-hybridized carbons (Fsp3) is 0.769. The number of carbonyl (C=O) groups is 3. The van der Waals surface area contributed by atoms with Gasteiger partial charge in [-0.05, 0) is 19.3 Å². The summed E-state index contributed by atoms with van der Waals surface area (Å²) in [6, 6.07) is -0.498. The monoisotopic (exact) mass is 268 g/mol. The van der Waals surface area contributed by atoms with Gasteiger partial charge >= 0.3 is 5.97 Å². The highest BCUT2D eigenvalue weighted by Crippen LogP contribution is 2.36. The molecule has 2 fully saturated rings. The van der Waals surface area contributed by atoms with E-state index >= 15 is 0 Å². The maximum atomic E-state index is 11.9. The number of amides is 2. The summed E-state index contributed by atoms with van der Waals surface area (Å²) in [5, 5.41) is 14.7. The van der Waals surface area contributed by atoms with Gasteiger partial charge in [-0.1, -0.05) is 19.3 Å². The highest BCUT2D eigenvalue weighted by molar-refractivity contribution is 5.91. The lowest BCUT2D eigenvalue weighted by Gasteiger charge is -2.33. The van der Waals surface area contributed by atoms with Crippen molar-refractivity contribution in [1.82, 2.24) is 10.6 Å². The molecule has 2 rings (SSSR count). The number of hydrogen-bond donors (Lipinski definition) is 3. The first-order valence-corrected chi connectivity index (χ1v) is 6.84. The Morgan fingerprint density at radius 3 is 2.53 bits per heavy atom. The average Bonchev–Trinajstić information content (AvgIpc) is 2.83. The second kappa shape index (κ2) is 5.59. The Kier molecular flexibility index (Phi) is 4.07. The molecule has 6 nitrogen and oxygen atoms in total. The molecule has 2 amide bonds. The first kappa shape index (κ1) is 13.8. The van der Waals surface area contributed by atoms with Crippen LogP contribution in [0.25, 0.3) is 0 Å². The number of carbonyl (C=O) groups excluding carboxylic acids is 2. The molecule has 0 bridgehead atoms. The van der Waals surface area contributed by atoms with E-state index in [0.29, 0.717) is 25.7 Å². The van der Waals surface area contributed by atoms with E-state index in [9.17, 15) is 19.5 Å². The van der Waals surface area contributed by atoms with Crippen LogP contribution in [-0.2, 0) is 14.4 Å². The number of aliphatic carboxylic acids is 1. The van der Waals surface area contributed by atoms with E-state index < -0.39 is 17.4 Å². The Balaban J connectivity index is 1.90. The maximum Gasteiger partial charge on any atom is 0.311 e. The van der Waals surface area contributed by atoms with Gasteiger partial charge in [0.25, 0.3) is 0 Å². The van der Waals surface area contributed by atoms with Gasteiger partial charge in [-0.15, -0.1) is 0 Å². The summed E-state index contributed by atoms with van der Waals surface area (Å²) in [7, 11) is 0. The van der Waals surface area contributed by atoms with Crippen LogP contribution in [0.5, 0.6) is 0 Å². The summed E-state index contributed by atoms with van der Waals surface area (Å²) in [5.74, 6) is -1.22. The first-order chi connectivity index (χ1) is 9.03. The third-order valence-electron chi connectivity index (χ3n) is 4.18. The van der Waals surface area contributed by atoms with Crippen LogP contribution in [0.4, 0.5) is 0 Å². The molecule has 3 N–H and O–H groups in total. The largest absolute Gasteiger partial charge is 0.481 e. The van der Waals surface area contributed by atoms with Crippen molar-refractivity contribution in [2.45, 2.75) is 51.0 Å². The number of rotatable bonds is 4. The molecule has 0 aromatic carbocycles. The molecule has 0 unspecified atom stereocenters. The van der Waals surface area contributed by atoms with Crippen LogP contribution in [-0.4, -0.2) is 35.5 Å². The molecule has 106 valence electrons. The van der Waals surface area contributed by atoms with E-state index in [-0.39, 0.29) is 18.4 Å². The fourth-order valence-corrected chi connectivity index (χ4v) is 2.89. The predicted octanol–water partition coefficient (Wildman–Crippen LogP) is 0.416. The molecular formula is C13H20N2O4. The van der Waals surface area contributed by atoms with E-state index in [1.54, 1.807) is 0 Å². The Morgan fingerprint density at radius 2 is 2.00 bits per heavy atom. The molecule has 1 saturated carbocycles. The number of carboxylic acids is 1. The summed E-state index contributed by atoms with van der Waals surface area (Å²) >= 11 is 0. The van der Waals surface area contributed by atoms with E-state index in [1.807, 2.05) is 0 Å². The van der Waals surface area contributed by atoms with Gasteiger partial charge in [0, 0.05) is 13.0 Å². The number of hydrogen-bond acceptors (Lipinski definition) is 3. The van der Waals surface area contributed by atoms with Gasteiger partial charge in [-0.3, -0.25) is 14.4 Å². The van der Waals surface area contributed by atoms with Crippen molar-refractivity contribution in [3.63, 3.8) is 0 Å². The van der Waals surface area contributed by atoms with Crippen molar-refractivity contribution in [3.05, 3.63) is 0 Å². The minimum atomic E-state index is -0.831. The van der Waals surface area contributed by atoms with Crippen molar-refractivity contribution < 1.29 is 19.5 Å². The summed E-state index contributed by atoms with van der Waals surface area (Å²) in [6.45, 7) is 0.160. The van der Waals surface area contributed by atoms with Crippen molar-refractivity contribution >= 4 is 17.8 Å². The van der Waals surface area contributed by atoms with Crippen LogP contribution in [0.3, 0.4) is 0 Å². The number of carboxylic acid groups (broad SMARTS) is 1. The highest BCUT2D eigenvalue weighted by atomic mass is 16.4. The van der Waals surface area contributed by atoms with Crippen LogP contribution in [0.1, 0.15) is 44.9 Å². The van der Waals surface area contributed by atoms with Crippen molar-refractivity contribution in [2.75, 3.05) is 6.54 Å². The molecule has 6 heteroatoms. The van der Waals surface area contributed by atoms with Crippen LogP contribution in [0.2, 0.25) is 0 Å². The van der Waals surface area contributed by atoms with Gasteiger partial charge in [0.1, 0.15) is 6.04 Å². The van der Waals surface area contributed by atoms with E-state index in [4.69, 9.17) is 0 Å². The van der Waals surface area contributed by atoms with Crippen molar-refractivity contribution in [3.8, 4) is 0 Å². The second-order valence-electron chi connectivity index (χ2n) is 5.52. The second-order valence-corrected chi connectivity index (χ2v) is 5.52. The third-order valence-corrected chi connectivity index (χ3v) is 4.18. The van der Waals surface area contributed by atoms with Crippen molar-refractivity contribution in [2.24, 2.45) is 5.41 Å². The Hall–Kier alpha value is -1.59. The average molecular weight is 268 g/mol. The zero-order valence-electron chi connectivity index (χ0n) is 10.9. The van der Waals surface area contributed by atoms with Crippen molar-refractivity contribution in [1.29, 1.82) is 0 Å². The van der Waals surface area contributed by atoms with Gasteiger partial charge in [-0.25, -0.2) is 0 Å². The van der Waals surface area contributed by atoms with E-state index in [2.05, 4.69) is 10.6 Å². The molecule has 19 heavy (non-hydrogen) atoms. The van der Waals surface area contributed by atoms with Gasteiger partial charge in [0.2, 0.25) is 11.8 Å². The fourth-order valence-electron chi connectivity index (χ4n) is 2.89. The van der Waals surface area contributed by atoms with Crippen LogP contribution in [0.15, 0.2) is 0 Å². The van der Waals surface area contributed by atoms with Crippen LogP contribution >= 0.6 is 0 Å². The summed E-state index contributed by atoms with van der Waals surface area (Å²) in [5.41, 5.74) is -0.823. The molecular weight excluding hydrogens is 248 g/mol.